The molecule has 0 spiro atoms. The number of carbonyl (C=O) groups excluding carboxylic acids is 2. The number of rotatable bonds is 6. The van der Waals surface area contributed by atoms with Crippen molar-refractivity contribution < 1.29 is 19.2 Å². The van der Waals surface area contributed by atoms with Gasteiger partial charge in [0.05, 0.1) is 10.5 Å². The Hall–Kier alpha value is -2.44. The van der Waals surface area contributed by atoms with E-state index in [1.165, 1.54) is 12.1 Å². The summed E-state index contributed by atoms with van der Waals surface area (Å²) in [4.78, 5) is 33.7. The molecular weight excluding hydrogens is 288 g/mol. The third kappa shape index (κ3) is 4.83. The van der Waals surface area contributed by atoms with Crippen LogP contribution in [0.25, 0.3) is 0 Å². The smallest absolute Gasteiger partial charge is 0.338 e. The number of nitro groups is 1. The van der Waals surface area contributed by atoms with Gasteiger partial charge in [-0.05, 0) is 25.8 Å². The van der Waals surface area contributed by atoms with E-state index in [2.05, 4.69) is 5.32 Å². The first kappa shape index (κ1) is 17.6. The lowest BCUT2D eigenvalue weighted by molar-refractivity contribution is -0.385. The highest BCUT2D eigenvalue weighted by Crippen LogP contribution is 2.19. The van der Waals surface area contributed by atoms with Crippen molar-refractivity contribution in [2.24, 2.45) is 5.92 Å². The molecule has 1 N–H and O–H groups in total. The van der Waals surface area contributed by atoms with Gasteiger partial charge in [0.2, 0.25) is 0 Å². The third-order valence-electron chi connectivity index (χ3n) is 3.36. The molecule has 120 valence electrons. The van der Waals surface area contributed by atoms with E-state index < -0.39 is 23.4 Å². The molecular formula is C15H20N2O5. The standard InChI is InChI=1S/C15H20N2O5/c1-9(2)11(4)16-14(18)8-22-15(19)12-6-5-10(3)13(7-12)17(20)21/h5-7,9,11H,8H2,1-4H3,(H,16,18)/t11-/m1/s1. The number of esters is 1. The predicted molar refractivity (Wildman–Crippen MR) is 80.6 cm³/mol. The lowest BCUT2D eigenvalue weighted by atomic mass is 10.1. The van der Waals surface area contributed by atoms with Gasteiger partial charge in [-0.1, -0.05) is 19.9 Å². The van der Waals surface area contributed by atoms with Gasteiger partial charge in [-0.15, -0.1) is 0 Å². The normalized spacial score (nSPS) is 11.9. The molecule has 0 aromatic heterocycles. The van der Waals surface area contributed by atoms with Crippen LogP contribution in [0.5, 0.6) is 0 Å². The van der Waals surface area contributed by atoms with E-state index in [0.29, 0.717) is 5.56 Å². The minimum Gasteiger partial charge on any atom is -0.452 e. The molecule has 1 rings (SSSR count). The van der Waals surface area contributed by atoms with Gasteiger partial charge in [-0.25, -0.2) is 4.79 Å². The summed E-state index contributed by atoms with van der Waals surface area (Å²) in [6, 6.07) is 4.01. The zero-order valence-corrected chi connectivity index (χ0v) is 13.1. The van der Waals surface area contributed by atoms with Crippen molar-refractivity contribution in [3.63, 3.8) is 0 Å². The van der Waals surface area contributed by atoms with Crippen LogP contribution < -0.4 is 5.32 Å². The minimum atomic E-state index is -0.768. The summed E-state index contributed by atoms with van der Waals surface area (Å²) in [6.07, 6.45) is 0. The first-order chi connectivity index (χ1) is 10.2. The largest absolute Gasteiger partial charge is 0.452 e. The summed E-state index contributed by atoms with van der Waals surface area (Å²) in [6.45, 7) is 6.93. The van der Waals surface area contributed by atoms with Crippen molar-refractivity contribution in [2.75, 3.05) is 6.61 Å². The van der Waals surface area contributed by atoms with Crippen molar-refractivity contribution in [3.05, 3.63) is 39.4 Å². The Kier molecular flexibility index (Phi) is 6.03. The van der Waals surface area contributed by atoms with Gasteiger partial charge < -0.3 is 10.1 Å². The highest BCUT2D eigenvalue weighted by molar-refractivity contribution is 5.92. The number of nitrogens with one attached hydrogen (secondary N) is 1. The van der Waals surface area contributed by atoms with Crippen LogP contribution >= 0.6 is 0 Å². The lowest BCUT2D eigenvalue weighted by Gasteiger charge is -2.17. The molecule has 0 fully saturated rings. The van der Waals surface area contributed by atoms with Crippen molar-refractivity contribution >= 4 is 17.6 Å². The number of hydrogen-bond acceptors (Lipinski definition) is 5. The van der Waals surface area contributed by atoms with E-state index >= 15 is 0 Å². The molecule has 0 aliphatic heterocycles. The van der Waals surface area contributed by atoms with Crippen LogP contribution in [0.1, 0.15) is 36.7 Å². The fourth-order valence-corrected chi connectivity index (χ4v) is 1.61. The maximum absolute atomic E-state index is 11.8. The molecule has 0 aliphatic rings. The van der Waals surface area contributed by atoms with Gasteiger partial charge in [0.15, 0.2) is 6.61 Å². The van der Waals surface area contributed by atoms with Crippen LogP contribution in [0.15, 0.2) is 18.2 Å². The Labute approximate surface area is 128 Å². The molecule has 22 heavy (non-hydrogen) atoms. The molecule has 0 heterocycles. The van der Waals surface area contributed by atoms with E-state index in [-0.39, 0.29) is 23.2 Å². The summed E-state index contributed by atoms with van der Waals surface area (Å²) >= 11 is 0. The van der Waals surface area contributed by atoms with E-state index in [0.717, 1.165) is 6.07 Å². The number of hydrogen-bond donors (Lipinski definition) is 1. The monoisotopic (exact) mass is 308 g/mol. The topological polar surface area (TPSA) is 98.5 Å². The van der Waals surface area contributed by atoms with Gasteiger partial charge in [0.1, 0.15) is 0 Å². The number of nitro benzene ring substituents is 1. The zero-order chi connectivity index (χ0) is 16.9. The molecule has 0 aliphatic carbocycles. The predicted octanol–water partition coefficient (Wildman–Crippen LogP) is 2.22. The summed E-state index contributed by atoms with van der Waals surface area (Å²) < 4.78 is 4.87. The lowest BCUT2D eigenvalue weighted by Crippen LogP contribution is -2.38. The fraction of sp³-hybridized carbons (Fsp3) is 0.467. The number of benzene rings is 1. The maximum Gasteiger partial charge on any atom is 0.338 e. The fourth-order valence-electron chi connectivity index (χ4n) is 1.61. The SMILES string of the molecule is Cc1ccc(C(=O)OCC(=O)N[C@H](C)C(C)C)cc1[N+](=O)[O-]. The number of amides is 1. The molecule has 0 saturated heterocycles. The molecule has 0 saturated carbocycles. The van der Waals surface area contributed by atoms with Gasteiger partial charge in [0, 0.05) is 17.7 Å². The van der Waals surface area contributed by atoms with E-state index in [9.17, 15) is 19.7 Å². The van der Waals surface area contributed by atoms with Crippen molar-refractivity contribution in [1.29, 1.82) is 0 Å². The Morgan fingerprint density at radius 1 is 1.32 bits per heavy atom. The van der Waals surface area contributed by atoms with Crippen LogP contribution in [0, 0.1) is 23.0 Å². The first-order valence-electron chi connectivity index (χ1n) is 6.94. The molecule has 1 aromatic rings. The molecule has 7 heteroatoms. The highest BCUT2D eigenvalue weighted by Gasteiger charge is 2.17. The number of carbonyl (C=O) groups is 2. The number of nitrogens with zero attached hydrogens (tertiary/aromatic N) is 1. The Bertz CT molecular complexity index is 583. The van der Waals surface area contributed by atoms with E-state index in [1.54, 1.807) is 6.92 Å². The third-order valence-corrected chi connectivity index (χ3v) is 3.36. The molecule has 1 aromatic carbocycles. The highest BCUT2D eigenvalue weighted by atomic mass is 16.6. The molecule has 7 nitrogen and oxygen atoms in total. The van der Waals surface area contributed by atoms with E-state index in [4.69, 9.17) is 4.74 Å². The van der Waals surface area contributed by atoms with Crippen molar-refractivity contribution in [2.45, 2.75) is 33.7 Å². The Morgan fingerprint density at radius 2 is 1.95 bits per heavy atom. The molecule has 1 amide bonds. The van der Waals surface area contributed by atoms with Crippen molar-refractivity contribution in [1.82, 2.24) is 5.32 Å². The zero-order valence-electron chi connectivity index (χ0n) is 13.1. The molecule has 1 atom stereocenters. The second kappa shape index (κ2) is 7.53. The summed E-state index contributed by atoms with van der Waals surface area (Å²) in [7, 11) is 0. The maximum atomic E-state index is 11.8. The van der Waals surface area contributed by atoms with Gasteiger partial charge in [0.25, 0.3) is 11.6 Å². The Morgan fingerprint density at radius 3 is 2.50 bits per heavy atom. The van der Waals surface area contributed by atoms with Gasteiger partial charge >= 0.3 is 5.97 Å². The van der Waals surface area contributed by atoms with Crippen molar-refractivity contribution in [3.8, 4) is 0 Å². The van der Waals surface area contributed by atoms with Crippen LogP contribution in [-0.2, 0) is 9.53 Å². The Balaban J connectivity index is 2.65. The average molecular weight is 308 g/mol. The van der Waals surface area contributed by atoms with Crippen LogP contribution in [0.2, 0.25) is 0 Å². The van der Waals surface area contributed by atoms with Crippen LogP contribution in [0.4, 0.5) is 5.69 Å². The molecule has 0 unspecified atom stereocenters. The molecule has 0 bridgehead atoms. The summed E-state index contributed by atoms with van der Waals surface area (Å²) in [5.74, 6) is -0.911. The van der Waals surface area contributed by atoms with Crippen LogP contribution in [0.3, 0.4) is 0 Å². The van der Waals surface area contributed by atoms with Gasteiger partial charge in [-0.3, -0.25) is 14.9 Å². The molecule has 0 radical (unpaired) electrons. The number of ether oxygens (including phenoxy) is 1. The number of aryl methyl sites for hydroxylation is 1. The second-order valence-electron chi connectivity index (χ2n) is 5.43. The van der Waals surface area contributed by atoms with Crippen LogP contribution in [-0.4, -0.2) is 29.4 Å². The first-order valence-corrected chi connectivity index (χ1v) is 6.94. The summed E-state index contributed by atoms with van der Waals surface area (Å²) in [5.41, 5.74) is 0.333. The quantitative estimate of drug-likeness (QED) is 0.493. The average Bonchev–Trinajstić information content (AvgIpc) is 2.44. The summed E-state index contributed by atoms with van der Waals surface area (Å²) in [5, 5.41) is 13.5. The second-order valence-corrected chi connectivity index (χ2v) is 5.43. The van der Waals surface area contributed by atoms with Gasteiger partial charge in [-0.2, -0.15) is 0 Å². The van der Waals surface area contributed by atoms with E-state index in [1.807, 2.05) is 20.8 Å². The minimum absolute atomic E-state index is 0.0355.